The quantitative estimate of drug-likeness (QED) is 0.883. The van der Waals surface area contributed by atoms with Crippen LogP contribution in [0.4, 0.5) is 0 Å². The van der Waals surface area contributed by atoms with Crippen molar-refractivity contribution in [3.8, 4) is 0 Å². The highest BCUT2D eigenvalue weighted by Gasteiger charge is 2.21. The minimum Gasteiger partial charge on any atom is -0.465 e. The van der Waals surface area contributed by atoms with Gasteiger partial charge in [-0.15, -0.1) is 0 Å². The third kappa shape index (κ3) is 4.11. The zero-order valence-electron chi connectivity index (χ0n) is 13.4. The zero-order valence-corrected chi connectivity index (χ0v) is 13.4. The molecule has 120 valence electrons. The number of likely N-dealkylation sites (tertiary alicyclic amines) is 1. The van der Waals surface area contributed by atoms with Crippen molar-refractivity contribution in [2.45, 2.75) is 18.9 Å². The maximum Gasteiger partial charge on any atom is 0.252 e. The molecule has 1 N–H and O–H groups in total. The number of furan rings is 1. The van der Waals surface area contributed by atoms with E-state index in [1.807, 2.05) is 42.5 Å². The first-order valence-corrected chi connectivity index (χ1v) is 8.02. The summed E-state index contributed by atoms with van der Waals surface area (Å²) in [6.45, 7) is 2.04. The van der Waals surface area contributed by atoms with Crippen molar-refractivity contribution in [3.05, 3.63) is 60.1 Å². The lowest BCUT2D eigenvalue weighted by Gasteiger charge is -2.29. The molecule has 0 radical (unpaired) electrons. The Hall–Kier alpha value is -2.33. The summed E-state index contributed by atoms with van der Waals surface area (Å²) >= 11 is 0. The molecule has 0 spiro atoms. The van der Waals surface area contributed by atoms with E-state index in [2.05, 4.69) is 17.3 Å². The van der Waals surface area contributed by atoms with E-state index in [1.165, 1.54) is 0 Å². The van der Waals surface area contributed by atoms with Crippen LogP contribution in [0.2, 0.25) is 0 Å². The normalized spacial score (nSPS) is 17.2. The number of piperidine rings is 1. The van der Waals surface area contributed by atoms with Crippen LogP contribution in [-0.2, 0) is 4.79 Å². The van der Waals surface area contributed by atoms with Gasteiger partial charge in [-0.3, -0.25) is 4.79 Å². The Balaban J connectivity index is 1.79. The van der Waals surface area contributed by atoms with E-state index in [0.29, 0.717) is 11.3 Å². The second-order valence-electron chi connectivity index (χ2n) is 5.99. The third-order valence-corrected chi connectivity index (χ3v) is 4.21. The molecule has 1 fully saturated rings. The number of carbonyl (C=O) groups excluding carboxylic acids is 1. The monoisotopic (exact) mass is 310 g/mol. The Morgan fingerprint density at radius 2 is 1.91 bits per heavy atom. The number of hydrogen-bond donors (Lipinski definition) is 1. The Morgan fingerprint density at radius 3 is 2.57 bits per heavy atom. The number of nitrogens with one attached hydrogen (secondary N) is 1. The summed E-state index contributed by atoms with van der Waals surface area (Å²) in [4.78, 5) is 15.1. The lowest BCUT2D eigenvalue weighted by atomic mass is 10.0. The molecule has 1 saturated heterocycles. The van der Waals surface area contributed by atoms with Crippen LogP contribution in [-0.4, -0.2) is 37.0 Å². The molecule has 4 heteroatoms. The number of benzene rings is 1. The minimum atomic E-state index is -0.0397. The van der Waals surface area contributed by atoms with E-state index < -0.39 is 0 Å². The molecule has 0 saturated carbocycles. The number of hydrogen-bond acceptors (Lipinski definition) is 3. The summed E-state index contributed by atoms with van der Waals surface area (Å²) in [6.07, 6.45) is 5.40. The van der Waals surface area contributed by atoms with Gasteiger partial charge in [0.25, 0.3) is 5.91 Å². The number of carbonyl (C=O) groups is 1. The molecule has 0 bridgehead atoms. The van der Waals surface area contributed by atoms with Crippen molar-refractivity contribution in [2.75, 3.05) is 20.1 Å². The Kier molecular flexibility index (Phi) is 4.93. The maximum atomic E-state index is 12.8. The minimum absolute atomic E-state index is 0.0397. The van der Waals surface area contributed by atoms with Crippen molar-refractivity contribution in [3.63, 3.8) is 0 Å². The van der Waals surface area contributed by atoms with Crippen LogP contribution in [0.25, 0.3) is 11.6 Å². The van der Waals surface area contributed by atoms with Crippen LogP contribution in [0.15, 0.2) is 53.1 Å². The van der Waals surface area contributed by atoms with Gasteiger partial charge >= 0.3 is 0 Å². The fourth-order valence-corrected chi connectivity index (χ4v) is 2.83. The first-order valence-electron chi connectivity index (χ1n) is 8.02. The Labute approximate surface area is 136 Å². The highest BCUT2D eigenvalue weighted by molar-refractivity contribution is 6.24. The van der Waals surface area contributed by atoms with Crippen LogP contribution in [0, 0.1) is 0 Å². The van der Waals surface area contributed by atoms with E-state index in [9.17, 15) is 4.79 Å². The number of rotatable bonds is 4. The molecule has 2 heterocycles. The van der Waals surface area contributed by atoms with Gasteiger partial charge in [-0.2, -0.15) is 0 Å². The summed E-state index contributed by atoms with van der Waals surface area (Å²) in [5, 5.41) is 3.17. The average molecular weight is 310 g/mol. The van der Waals surface area contributed by atoms with Gasteiger partial charge in [-0.05, 0) is 56.8 Å². The predicted octanol–water partition coefficient (Wildman–Crippen LogP) is 3.03. The summed E-state index contributed by atoms with van der Waals surface area (Å²) in [5.41, 5.74) is 1.54. The van der Waals surface area contributed by atoms with Crippen LogP contribution in [0.5, 0.6) is 0 Å². The standard InChI is InChI=1S/C19H22N2O2/c1-21-11-9-16(10-12-21)20-19(22)18(14-17-8-5-13-23-17)15-6-3-2-4-7-15/h2-8,13-14,16H,9-12H2,1H3,(H,20,22)/b18-14+. The SMILES string of the molecule is CN1CCC(NC(=O)/C(=C/c2ccco2)c2ccccc2)CC1. The number of nitrogens with zero attached hydrogens (tertiary/aromatic N) is 1. The predicted molar refractivity (Wildman–Crippen MR) is 91.7 cm³/mol. The molecule has 1 aliphatic rings. The van der Waals surface area contributed by atoms with Crippen molar-refractivity contribution in [1.29, 1.82) is 0 Å². The molecule has 0 unspecified atom stereocenters. The summed E-state index contributed by atoms with van der Waals surface area (Å²) in [5.74, 6) is 0.643. The highest BCUT2D eigenvalue weighted by Crippen LogP contribution is 2.20. The zero-order chi connectivity index (χ0) is 16.1. The average Bonchev–Trinajstić information content (AvgIpc) is 3.09. The van der Waals surface area contributed by atoms with Crippen molar-refractivity contribution in [2.24, 2.45) is 0 Å². The molecule has 4 nitrogen and oxygen atoms in total. The summed E-state index contributed by atoms with van der Waals surface area (Å²) in [6, 6.07) is 13.6. The molecule has 1 amide bonds. The van der Waals surface area contributed by atoms with Gasteiger partial charge in [0.1, 0.15) is 5.76 Å². The molecule has 1 aromatic carbocycles. The fraction of sp³-hybridized carbons (Fsp3) is 0.316. The molecule has 3 rings (SSSR count). The number of amides is 1. The van der Waals surface area contributed by atoms with Gasteiger partial charge in [0.15, 0.2) is 0 Å². The third-order valence-electron chi connectivity index (χ3n) is 4.21. The fourth-order valence-electron chi connectivity index (χ4n) is 2.83. The van der Waals surface area contributed by atoms with Gasteiger partial charge in [-0.1, -0.05) is 30.3 Å². The van der Waals surface area contributed by atoms with E-state index in [4.69, 9.17) is 4.42 Å². The van der Waals surface area contributed by atoms with Gasteiger partial charge in [-0.25, -0.2) is 0 Å². The molecule has 0 aliphatic carbocycles. The van der Waals surface area contributed by atoms with E-state index in [1.54, 1.807) is 12.3 Å². The topological polar surface area (TPSA) is 45.5 Å². The molecule has 2 aromatic rings. The van der Waals surface area contributed by atoms with Gasteiger partial charge in [0.05, 0.1) is 11.8 Å². The highest BCUT2D eigenvalue weighted by atomic mass is 16.3. The van der Waals surface area contributed by atoms with Crippen LogP contribution >= 0.6 is 0 Å². The summed E-state index contributed by atoms with van der Waals surface area (Å²) in [7, 11) is 2.12. The van der Waals surface area contributed by atoms with E-state index in [-0.39, 0.29) is 11.9 Å². The second-order valence-corrected chi connectivity index (χ2v) is 5.99. The van der Waals surface area contributed by atoms with Crippen molar-refractivity contribution < 1.29 is 9.21 Å². The van der Waals surface area contributed by atoms with E-state index in [0.717, 1.165) is 31.5 Å². The van der Waals surface area contributed by atoms with E-state index >= 15 is 0 Å². The van der Waals surface area contributed by atoms with Gasteiger partial charge in [0.2, 0.25) is 0 Å². The first-order chi connectivity index (χ1) is 11.2. The smallest absolute Gasteiger partial charge is 0.252 e. The first kappa shape index (κ1) is 15.6. The largest absolute Gasteiger partial charge is 0.465 e. The molecule has 0 atom stereocenters. The molecular formula is C19H22N2O2. The lowest BCUT2D eigenvalue weighted by molar-refractivity contribution is -0.116. The van der Waals surface area contributed by atoms with Crippen LogP contribution in [0.3, 0.4) is 0 Å². The molecular weight excluding hydrogens is 288 g/mol. The summed E-state index contributed by atoms with van der Waals surface area (Å²) < 4.78 is 5.38. The van der Waals surface area contributed by atoms with Crippen LogP contribution < -0.4 is 5.32 Å². The maximum absolute atomic E-state index is 12.8. The van der Waals surface area contributed by atoms with Crippen molar-refractivity contribution >= 4 is 17.6 Å². The van der Waals surface area contributed by atoms with Gasteiger partial charge < -0.3 is 14.6 Å². The lowest BCUT2D eigenvalue weighted by Crippen LogP contribution is -2.43. The van der Waals surface area contributed by atoms with Gasteiger partial charge in [0, 0.05) is 6.04 Å². The Morgan fingerprint density at radius 1 is 1.17 bits per heavy atom. The molecule has 1 aromatic heterocycles. The van der Waals surface area contributed by atoms with Crippen molar-refractivity contribution in [1.82, 2.24) is 10.2 Å². The molecule has 23 heavy (non-hydrogen) atoms. The second kappa shape index (κ2) is 7.29. The van der Waals surface area contributed by atoms with Crippen LogP contribution in [0.1, 0.15) is 24.2 Å². The molecule has 1 aliphatic heterocycles. The Bertz CT molecular complexity index is 654.